The van der Waals surface area contributed by atoms with Crippen molar-refractivity contribution < 1.29 is 5.11 Å². The molecule has 2 fully saturated rings. The zero-order chi connectivity index (χ0) is 19.9. The molecular formula is C25H37NO. The van der Waals surface area contributed by atoms with Crippen molar-refractivity contribution in [3.8, 4) is 11.8 Å². The van der Waals surface area contributed by atoms with E-state index < -0.39 is 5.60 Å². The molecule has 0 aromatic heterocycles. The summed E-state index contributed by atoms with van der Waals surface area (Å²) in [5.41, 5.74) is 0.642. The molecule has 1 aliphatic carbocycles. The average molecular weight is 368 g/mol. The molecule has 1 aromatic carbocycles. The average Bonchev–Trinajstić information content (AvgIpc) is 2.79. The molecule has 1 heterocycles. The lowest BCUT2D eigenvalue weighted by Crippen LogP contribution is -2.39. The van der Waals surface area contributed by atoms with E-state index in [0.717, 1.165) is 18.7 Å². The molecule has 148 valence electrons. The van der Waals surface area contributed by atoms with Crippen LogP contribution in [0, 0.1) is 28.1 Å². The third kappa shape index (κ3) is 4.25. The Bertz CT molecular complexity index is 720. The quantitative estimate of drug-likeness (QED) is 0.741. The van der Waals surface area contributed by atoms with Crippen LogP contribution in [0.15, 0.2) is 30.3 Å². The second-order valence-corrected chi connectivity index (χ2v) is 11.1. The van der Waals surface area contributed by atoms with Crippen molar-refractivity contribution in [2.75, 3.05) is 13.1 Å². The number of aliphatic hydroxyl groups is 1. The van der Waals surface area contributed by atoms with Crippen LogP contribution in [0.25, 0.3) is 0 Å². The molecule has 0 radical (unpaired) electrons. The first-order chi connectivity index (χ1) is 12.4. The fourth-order valence-electron chi connectivity index (χ4n) is 5.62. The lowest BCUT2D eigenvalue weighted by Gasteiger charge is -2.40. The molecule has 27 heavy (non-hydrogen) atoms. The summed E-state index contributed by atoms with van der Waals surface area (Å²) in [6.45, 7) is 15.5. The van der Waals surface area contributed by atoms with Gasteiger partial charge >= 0.3 is 0 Å². The largest absolute Gasteiger partial charge is 0.384 e. The monoisotopic (exact) mass is 367 g/mol. The first-order valence-corrected chi connectivity index (χ1v) is 10.4. The van der Waals surface area contributed by atoms with Gasteiger partial charge in [-0.05, 0) is 41.1 Å². The second-order valence-electron chi connectivity index (χ2n) is 11.1. The highest BCUT2D eigenvalue weighted by Crippen LogP contribution is 2.52. The maximum absolute atomic E-state index is 11.5. The van der Waals surface area contributed by atoms with Crippen molar-refractivity contribution in [2.45, 2.75) is 78.9 Å². The summed E-state index contributed by atoms with van der Waals surface area (Å²) >= 11 is 0. The molecule has 2 heteroatoms. The maximum atomic E-state index is 11.5. The van der Waals surface area contributed by atoms with Gasteiger partial charge in [-0.25, -0.2) is 0 Å². The molecule has 3 atom stereocenters. The van der Waals surface area contributed by atoms with E-state index in [9.17, 15) is 5.11 Å². The van der Waals surface area contributed by atoms with E-state index in [1.165, 1.54) is 19.3 Å². The van der Waals surface area contributed by atoms with E-state index in [4.69, 9.17) is 0 Å². The van der Waals surface area contributed by atoms with Crippen LogP contribution in [0.1, 0.15) is 72.8 Å². The third-order valence-electron chi connectivity index (χ3n) is 6.77. The number of fused-ring (bicyclic) bond motifs is 2. The smallest absolute Gasteiger partial charge is 0.105 e. The van der Waals surface area contributed by atoms with Gasteiger partial charge in [0, 0.05) is 19.0 Å². The van der Waals surface area contributed by atoms with Gasteiger partial charge in [0.1, 0.15) is 5.60 Å². The topological polar surface area (TPSA) is 23.5 Å². The normalized spacial score (nSPS) is 29.7. The van der Waals surface area contributed by atoms with Crippen LogP contribution in [0.5, 0.6) is 0 Å². The summed E-state index contributed by atoms with van der Waals surface area (Å²) in [4.78, 5) is 2.58. The minimum absolute atomic E-state index is 0.273. The van der Waals surface area contributed by atoms with E-state index in [1.807, 2.05) is 30.3 Å². The predicted molar refractivity (Wildman–Crippen MR) is 113 cm³/mol. The van der Waals surface area contributed by atoms with Gasteiger partial charge in [-0.15, -0.1) is 0 Å². The van der Waals surface area contributed by atoms with Crippen molar-refractivity contribution in [1.29, 1.82) is 0 Å². The first-order valence-electron chi connectivity index (χ1n) is 10.4. The number of nitrogens with zero attached hydrogens (tertiary/aromatic N) is 1. The predicted octanol–water partition coefficient (Wildman–Crippen LogP) is 5.21. The summed E-state index contributed by atoms with van der Waals surface area (Å²) in [7, 11) is 0. The first kappa shape index (κ1) is 20.4. The molecule has 2 nitrogen and oxygen atoms in total. The third-order valence-corrected chi connectivity index (χ3v) is 6.77. The van der Waals surface area contributed by atoms with Gasteiger partial charge in [0.05, 0.1) is 6.54 Å². The van der Waals surface area contributed by atoms with Crippen LogP contribution in [0.2, 0.25) is 0 Å². The molecule has 3 rings (SSSR count). The number of benzene rings is 1. The van der Waals surface area contributed by atoms with Gasteiger partial charge in [0.25, 0.3) is 0 Å². The van der Waals surface area contributed by atoms with Gasteiger partial charge in [0.2, 0.25) is 0 Å². The van der Waals surface area contributed by atoms with Crippen LogP contribution >= 0.6 is 0 Å². The number of hydrogen-bond acceptors (Lipinski definition) is 2. The Hall–Kier alpha value is -1.30. The minimum Gasteiger partial charge on any atom is -0.384 e. The van der Waals surface area contributed by atoms with Gasteiger partial charge in [0.15, 0.2) is 0 Å². The summed E-state index contributed by atoms with van der Waals surface area (Å²) in [6.07, 6.45) is 4.38. The van der Waals surface area contributed by atoms with Crippen LogP contribution in [0.4, 0.5) is 0 Å². The molecule has 1 aromatic rings. The molecule has 1 saturated carbocycles. The van der Waals surface area contributed by atoms with Crippen LogP contribution in [-0.4, -0.2) is 29.1 Å². The number of likely N-dealkylation sites (tertiary alicyclic amines) is 1. The fourth-order valence-corrected chi connectivity index (χ4v) is 5.62. The van der Waals surface area contributed by atoms with Crippen molar-refractivity contribution in [3.05, 3.63) is 35.9 Å². The fraction of sp³-hybridized carbons (Fsp3) is 0.680. The van der Waals surface area contributed by atoms with E-state index >= 15 is 0 Å². The van der Waals surface area contributed by atoms with E-state index in [-0.39, 0.29) is 5.41 Å². The van der Waals surface area contributed by atoms with Crippen molar-refractivity contribution in [2.24, 2.45) is 16.2 Å². The van der Waals surface area contributed by atoms with E-state index in [0.29, 0.717) is 23.3 Å². The lowest BCUT2D eigenvalue weighted by molar-refractivity contribution is -0.0599. The molecule has 0 amide bonds. The Balaban J connectivity index is 1.69. The molecule has 0 spiro atoms. The van der Waals surface area contributed by atoms with Crippen LogP contribution in [0.3, 0.4) is 0 Å². The van der Waals surface area contributed by atoms with Crippen molar-refractivity contribution in [3.63, 3.8) is 0 Å². The van der Waals surface area contributed by atoms with E-state index in [1.54, 1.807) is 0 Å². The molecule has 1 saturated heterocycles. The molecule has 1 N–H and O–H groups in total. The Morgan fingerprint density at radius 3 is 2.37 bits per heavy atom. The Morgan fingerprint density at radius 1 is 1.07 bits per heavy atom. The molecular weight excluding hydrogens is 330 g/mol. The standard InChI is InChI=1S/C25H37NO/c1-22(2,3)25(27,20-12-8-7-9-13-20)14-10-11-15-26-19-24(6)17-21(26)16-23(4,5)18-24/h7-9,12-13,21,27H,14-19H2,1-6H3/t21-,24-,25+/m1/s1. The Labute approximate surface area is 166 Å². The zero-order valence-corrected chi connectivity index (χ0v) is 18.1. The van der Waals surface area contributed by atoms with Gasteiger partial charge < -0.3 is 5.11 Å². The highest BCUT2D eigenvalue weighted by molar-refractivity contribution is 5.27. The molecule has 2 aliphatic rings. The minimum atomic E-state index is -0.934. The summed E-state index contributed by atoms with van der Waals surface area (Å²) in [5.74, 6) is 6.73. The van der Waals surface area contributed by atoms with Gasteiger partial charge in [-0.1, -0.05) is 83.7 Å². The second kappa shape index (κ2) is 6.94. The highest BCUT2D eigenvalue weighted by Gasteiger charge is 2.49. The Kier molecular flexibility index (Phi) is 5.26. The summed E-state index contributed by atoms with van der Waals surface area (Å²) < 4.78 is 0. The molecule has 1 aliphatic heterocycles. The van der Waals surface area contributed by atoms with Crippen LogP contribution < -0.4 is 0 Å². The molecule has 0 unspecified atom stereocenters. The van der Waals surface area contributed by atoms with Crippen LogP contribution in [-0.2, 0) is 5.60 Å². The van der Waals surface area contributed by atoms with Crippen molar-refractivity contribution >= 4 is 0 Å². The van der Waals surface area contributed by atoms with Gasteiger partial charge in [-0.3, -0.25) is 4.90 Å². The van der Waals surface area contributed by atoms with Gasteiger partial charge in [-0.2, -0.15) is 0 Å². The molecule has 2 bridgehead atoms. The number of rotatable bonds is 3. The maximum Gasteiger partial charge on any atom is 0.105 e. The zero-order valence-electron chi connectivity index (χ0n) is 18.1. The number of hydrogen-bond donors (Lipinski definition) is 1. The van der Waals surface area contributed by atoms with E-state index in [2.05, 4.69) is 58.3 Å². The highest BCUT2D eigenvalue weighted by atomic mass is 16.3. The lowest BCUT2D eigenvalue weighted by atomic mass is 9.65. The summed E-state index contributed by atoms with van der Waals surface area (Å²) in [5, 5.41) is 11.5. The van der Waals surface area contributed by atoms with Crippen molar-refractivity contribution in [1.82, 2.24) is 4.90 Å². The Morgan fingerprint density at radius 2 is 1.74 bits per heavy atom. The SMILES string of the molecule is CC1(C)C[C@@H]2C[C@@](C)(CN2CC#CC[C@](O)(c2ccccc2)C(C)(C)C)C1. The summed E-state index contributed by atoms with van der Waals surface area (Å²) in [6, 6.07) is 10.7.